The first-order chi connectivity index (χ1) is 17.5. The number of benzene rings is 1. The highest BCUT2D eigenvalue weighted by Crippen LogP contribution is 2.31. The number of nitrogens with zero attached hydrogens (tertiary/aromatic N) is 3. The Hall–Kier alpha value is -3.15. The molecule has 0 amide bonds. The number of ketones is 2. The normalized spacial score (nSPS) is 13.8. The summed E-state index contributed by atoms with van der Waals surface area (Å²) in [4.78, 5) is 29.3. The number of halogens is 1. The van der Waals surface area contributed by atoms with E-state index in [0.717, 1.165) is 47.5 Å². The summed E-state index contributed by atoms with van der Waals surface area (Å²) in [6.07, 6.45) is 5.85. The van der Waals surface area contributed by atoms with Crippen molar-refractivity contribution in [2.45, 2.75) is 91.0 Å². The highest BCUT2D eigenvalue weighted by molar-refractivity contribution is 5.85. The third-order valence-electron chi connectivity index (χ3n) is 6.93. The van der Waals surface area contributed by atoms with E-state index in [1.165, 1.54) is 6.07 Å². The Bertz CT molecular complexity index is 1280. The zero-order valence-corrected chi connectivity index (χ0v) is 22.7. The molecule has 2 heterocycles. The molecule has 1 aromatic carbocycles. The Labute approximate surface area is 219 Å². The van der Waals surface area contributed by atoms with Gasteiger partial charge in [-0.15, -0.1) is 0 Å². The van der Waals surface area contributed by atoms with Gasteiger partial charge in [0.1, 0.15) is 17.4 Å². The summed E-state index contributed by atoms with van der Waals surface area (Å²) in [5, 5.41) is 4.72. The second-order valence-corrected chi connectivity index (χ2v) is 11.7. The van der Waals surface area contributed by atoms with Crippen LogP contribution in [0.4, 0.5) is 4.39 Å². The Morgan fingerprint density at radius 2 is 1.70 bits per heavy atom. The van der Waals surface area contributed by atoms with Gasteiger partial charge in [0, 0.05) is 54.2 Å². The summed E-state index contributed by atoms with van der Waals surface area (Å²) in [6, 6.07) is 11.2. The molecule has 0 radical (unpaired) electrons. The summed E-state index contributed by atoms with van der Waals surface area (Å²) in [6.45, 7) is 10.4. The van der Waals surface area contributed by atoms with Crippen molar-refractivity contribution in [3.8, 4) is 0 Å². The lowest BCUT2D eigenvalue weighted by Crippen LogP contribution is -2.15. The lowest BCUT2D eigenvalue weighted by molar-refractivity contribution is -0.120. The van der Waals surface area contributed by atoms with Crippen LogP contribution in [0.2, 0.25) is 0 Å². The van der Waals surface area contributed by atoms with Gasteiger partial charge in [-0.25, -0.2) is 4.39 Å². The third kappa shape index (κ3) is 7.21. The smallest absolute Gasteiger partial charge is 0.143 e. The van der Waals surface area contributed by atoms with Gasteiger partial charge in [0.2, 0.25) is 0 Å². The molecular weight excluding hydrogens is 465 g/mol. The second-order valence-electron chi connectivity index (χ2n) is 11.7. The standard InChI is InChI=1S/C31H38FN3O2/c1-20(2)35-26(19-30(34-35)31(3,4)5)18-27(36)16-24-9-8-21(15-28(24)32)6-7-22-12-13-33-25(14-22)17-29(37)23-10-11-23/h8-9,12-15,19-20,23H,6-7,10-11,16-18H2,1-5H3. The average Bonchev–Trinajstić information content (AvgIpc) is 3.58. The van der Waals surface area contributed by atoms with Gasteiger partial charge < -0.3 is 0 Å². The van der Waals surface area contributed by atoms with Gasteiger partial charge in [0.25, 0.3) is 0 Å². The molecule has 5 nitrogen and oxygen atoms in total. The molecule has 0 bridgehead atoms. The zero-order valence-electron chi connectivity index (χ0n) is 22.7. The van der Waals surface area contributed by atoms with E-state index in [1.54, 1.807) is 12.3 Å². The maximum absolute atomic E-state index is 14.9. The van der Waals surface area contributed by atoms with Crippen LogP contribution in [0.3, 0.4) is 0 Å². The predicted molar refractivity (Wildman–Crippen MR) is 143 cm³/mol. The maximum Gasteiger partial charge on any atom is 0.143 e. The van der Waals surface area contributed by atoms with Crippen LogP contribution in [0.5, 0.6) is 0 Å². The number of hydrogen-bond acceptors (Lipinski definition) is 4. The molecule has 4 rings (SSSR count). The van der Waals surface area contributed by atoms with Crippen LogP contribution in [-0.2, 0) is 47.1 Å². The molecule has 3 aromatic rings. The van der Waals surface area contributed by atoms with Crippen molar-refractivity contribution >= 4 is 11.6 Å². The van der Waals surface area contributed by atoms with Crippen molar-refractivity contribution in [1.82, 2.24) is 14.8 Å². The number of carbonyl (C=O) groups excluding carboxylic acids is 2. The van der Waals surface area contributed by atoms with E-state index >= 15 is 0 Å². The van der Waals surface area contributed by atoms with E-state index in [1.807, 2.05) is 42.8 Å². The van der Waals surface area contributed by atoms with Crippen LogP contribution in [0, 0.1) is 11.7 Å². The lowest BCUT2D eigenvalue weighted by atomic mass is 9.92. The quantitative estimate of drug-likeness (QED) is 0.324. The fraction of sp³-hybridized carbons (Fsp3) is 0.484. The SMILES string of the molecule is CC(C)n1nc(C(C)(C)C)cc1CC(=O)Cc1ccc(CCc2ccnc(CC(=O)C3CC3)c2)cc1F. The van der Waals surface area contributed by atoms with Crippen LogP contribution in [0.25, 0.3) is 0 Å². The number of rotatable bonds is 11. The first-order valence-electron chi connectivity index (χ1n) is 13.3. The molecule has 0 aliphatic heterocycles. The fourth-order valence-electron chi connectivity index (χ4n) is 4.54. The minimum atomic E-state index is -0.343. The van der Waals surface area contributed by atoms with Crippen molar-refractivity contribution in [2.24, 2.45) is 5.92 Å². The van der Waals surface area contributed by atoms with E-state index in [2.05, 4.69) is 25.8 Å². The minimum absolute atomic E-state index is 0.0287. The van der Waals surface area contributed by atoms with Crippen LogP contribution in [0.1, 0.15) is 87.3 Å². The van der Waals surface area contributed by atoms with E-state index < -0.39 is 0 Å². The number of Topliss-reactive ketones (excluding diaryl/α,β-unsaturated/α-hetero) is 2. The minimum Gasteiger partial charge on any atom is -0.299 e. The predicted octanol–water partition coefficient (Wildman–Crippen LogP) is 5.96. The number of pyridine rings is 1. The average molecular weight is 504 g/mol. The molecular formula is C31H38FN3O2. The molecule has 1 aliphatic carbocycles. The zero-order chi connectivity index (χ0) is 26.7. The molecule has 196 valence electrons. The molecule has 0 N–H and O–H groups in total. The summed E-state index contributed by atoms with van der Waals surface area (Å²) in [5.74, 6) is 0.139. The third-order valence-corrected chi connectivity index (χ3v) is 6.93. The molecule has 0 atom stereocenters. The van der Waals surface area contributed by atoms with Crippen molar-refractivity contribution < 1.29 is 14.0 Å². The summed E-state index contributed by atoms with van der Waals surface area (Å²) in [7, 11) is 0. The van der Waals surface area contributed by atoms with Gasteiger partial charge in [0.05, 0.1) is 5.69 Å². The number of hydrogen-bond donors (Lipinski definition) is 0. The topological polar surface area (TPSA) is 64.8 Å². The fourth-order valence-corrected chi connectivity index (χ4v) is 4.54. The second kappa shape index (κ2) is 11.1. The van der Waals surface area contributed by atoms with Crippen LogP contribution < -0.4 is 0 Å². The van der Waals surface area contributed by atoms with Gasteiger partial charge in [-0.2, -0.15) is 5.10 Å². The highest BCUT2D eigenvalue weighted by atomic mass is 19.1. The number of aryl methyl sites for hydroxylation is 2. The highest BCUT2D eigenvalue weighted by Gasteiger charge is 2.29. The molecule has 1 saturated carbocycles. The Balaban J connectivity index is 1.35. The van der Waals surface area contributed by atoms with Crippen molar-refractivity contribution in [3.05, 3.63) is 82.2 Å². The van der Waals surface area contributed by atoms with Gasteiger partial charge in [-0.1, -0.05) is 32.9 Å². The largest absolute Gasteiger partial charge is 0.299 e. The molecule has 0 spiro atoms. The van der Waals surface area contributed by atoms with Gasteiger partial charge in [-0.05, 0) is 80.5 Å². The van der Waals surface area contributed by atoms with Crippen molar-refractivity contribution in [2.75, 3.05) is 0 Å². The number of carbonyl (C=O) groups is 2. The lowest BCUT2D eigenvalue weighted by Gasteiger charge is -2.14. The van der Waals surface area contributed by atoms with Crippen LogP contribution in [0.15, 0.2) is 42.6 Å². The summed E-state index contributed by atoms with van der Waals surface area (Å²) >= 11 is 0. The summed E-state index contributed by atoms with van der Waals surface area (Å²) < 4.78 is 16.8. The molecule has 6 heteroatoms. The number of aromatic nitrogens is 3. The van der Waals surface area contributed by atoms with Gasteiger partial charge in [0.15, 0.2) is 0 Å². The monoisotopic (exact) mass is 503 g/mol. The molecule has 1 aliphatic rings. The van der Waals surface area contributed by atoms with E-state index in [4.69, 9.17) is 5.10 Å². The molecule has 2 aromatic heterocycles. The Morgan fingerprint density at radius 3 is 2.32 bits per heavy atom. The Kier molecular flexibility index (Phi) is 8.05. The first kappa shape index (κ1) is 26.9. The maximum atomic E-state index is 14.9. The molecule has 1 fully saturated rings. The van der Waals surface area contributed by atoms with Crippen molar-refractivity contribution in [3.63, 3.8) is 0 Å². The molecule has 0 unspecified atom stereocenters. The Morgan fingerprint density at radius 1 is 1.00 bits per heavy atom. The molecule has 0 saturated heterocycles. The molecule has 37 heavy (non-hydrogen) atoms. The van der Waals surface area contributed by atoms with Gasteiger partial charge >= 0.3 is 0 Å². The van der Waals surface area contributed by atoms with Crippen molar-refractivity contribution in [1.29, 1.82) is 0 Å². The van der Waals surface area contributed by atoms with Gasteiger partial charge in [-0.3, -0.25) is 19.3 Å². The summed E-state index contributed by atoms with van der Waals surface area (Å²) in [5.41, 5.74) is 4.92. The van der Waals surface area contributed by atoms with E-state index in [-0.39, 0.29) is 47.6 Å². The van der Waals surface area contributed by atoms with E-state index in [0.29, 0.717) is 18.4 Å². The van der Waals surface area contributed by atoms with Crippen LogP contribution in [-0.4, -0.2) is 26.3 Å². The first-order valence-corrected chi connectivity index (χ1v) is 13.3. The van der Waals surface area contributed by atoms with Crippen LogP contribution >= 0.6 is 0 Å². The van der Waals surface area contributed by atoms with E-state index in [9.17, 15) is 14.0 Å².